The number of hydrogen-bond acceptors (Lipinski definition) is 6. The van der Waals surface area contributed by atoms with Gasteiger partial charge in [-0.2, -0.15) is 23.3 Å². The van der Waals surface area contributed by atoms with Gasteiger partial charge in [0, 0.05) is 35.1 Å². The van der Waals surface area contributed by atoms with Gasteiger partial charge in [0.15, 0.2) is 5.69 Å². The number of ether oxygens (including phenoxy) is 1. The van der Waals surface area contributed by atoms with Gasteiger partial charge in [0.2, 0.25) is 0 Å². The van der Waals surface area contributed by atoms with Gasteiger partial charge in [-0.3, -0.25) is 9.58 Å². The molecule has 2 aromatic heterocycles. The van der Waals surface area contributed by atoms with Gasteiger partial charge >= 0.3 is 18.3 Å². The Morgan fingerprint density at radius 3 is 2.69 bits per heavy atom. The van der Waals surface area contributed by atoms with Crippen LogP contribution in [0.4, 0.5) is 23.7 Å². The molecule has 9 nitrogen and oxygen atoms in total. The van der Waals surface area contributed by atoms with Gasteiger partial charge in [-0.1, -0.05) is 0 Å². The summed E-state index contributed by atoms with van der Waals surface area (Å²) in [6, 6.07) is 3.69. The highest BCUT2D eigenvalue weighted by Gasteiger charge is 2.34. The van der Waals surface area contributed by atoms with Gasteiger partial charge in [0.05, 0.1) is 17.9 Å². The maximum Gasteiger partial charge on any atom is 0.433 e. The molecule has 190 valence electrons. The lowest BCUT2D eigenvalue weighted by atomic mass is 9.92. The lowest BCUT2D eigenvalue weighted by Crippen LogP contribution is -2.41. The number of piperidine rings is 1. The Kier molecular flexibility index (Phi) is 6.29. The van der Waals surface area contributed by atoms with Crippen LogP contribution in [0.3, 0.4) is 0 Å². The van der Waals surface area contributed by atoms with Crippen LogP contribution < -0.4 is 15.0 Å². The number of alkyl halides is 3. The summed E-state index contributed by atoms with van der Waals surface area (Å²) in [5, 5.41) is 17.7. The zero-order chi connectivity index (χ0) is 25.4. The quantitative estimate of drug-likeness (QED) is 0.523. The second kappa shape index (κ2) is 9.41. The summed E-state index contributed by atoms with van der Waals surface area (Å²) in [6.45, 7) is 3.59. The molecule has 36 heavy (non-hydrogen) atoms. The van der Waals surface area contributed by atoms with Crippen molar-refractivity contribution in [1.82, 2.24) is 25.1 Å². The van der Waals surface area contributed by atoms with E-state index in [1.807, 2.05) is 17.8 Å². The summed E-state index contributed by atoms with van der Waals surface area (Å²) in [5.74, 6) is 0.231. The minimum Gasteiger partial charge on any atom is -0.465 e. The third kappa shape index (κ3) is 4.60. The minimum atomic E-state index is -4.66. The number of halogens is 3. The van der Waals surface area contributed by atoms with Gasteiger partial charge in [0.1, 0.15) is 5.75 Å². The Morgan fingerprint density at radius 1 is 1.19 bits per heavy atom. The highest BCUT2D eigenvalue weighted by Crippen LogP contribution is 2.44. The SMILES string of the molecule is C[C@H]1CCc2c(ccc(-c3cnn(C4CCNCC4)c3)c2Oc2nccc(C(F)(F)F)n2)N1C(=O)O. The van der Waals surface area contributed by atoms with Crippen LogP contribution in [-0.2, 0) is 12.6 Å². The molecule has 1 amide bonds. The monoisotopic (exact) mass is 502 g/mol. The molecule has 0 bridgehead atoms. The van der Waals surface area contributed by atoms with Crippen LogP contribution >= 0.6 is 0 Å². The fourth-order valence-corrected chi connectivity index (χ4v) is 4.83. The number of anilines is 1. The summed E-state index contributed by atoms with van der Waals surface area (Å²) in [7, 11) is 0. The van der Waals surface area contributed by atoms with Crippen LogP contribution in [0.5, 0.6) is 11.8 Å². The van der Waals surface area contributed by atoms with Crippen molar-refractivity contribution in [2.24, 2.45) is 0 Å². The lowest BCUT2D eigenvalue weighted by Gasteiger charge is -2.34. The van der Waals surface area contributed by atoms with E-state index in [1.165, 1.54) is 4.90 Å². The summed E-state index contributed by atoms with van der Waals surface area (Å²) in [4.78, 5) is 20.7. The number of hydrogen-bond donors (Lipinski definition) is 2. The van der Waals surface area contributed by atoms with E-state index in [4.69, 9.17) is 4.74 Å². The van der Waals surface area contributed by atoms with Gasteiger partial charge in [-0.15, -0.1) is 0 Å². The van der Waals surface area contributed by atoms with Crippen LogP contribution in [0.25, 0.3) is 11.1 Å². The van der Waals surface area contributed by atoms with E-state index < -0.39 is 24.0 Å². The van der Waals surface area contributed by atoms with E-state index in [-0.39, 0.29) is 17.8 Å². The van der Waals surface area contributed by atoms with Crippen molar-refractivity contribution in [3.63, 3.8) is 0 Å². The molecule has 2 aliphatic heterocycles. The molecule has 0 aliphatic carbocycles. The molecule has 0 radical (unpaired) electrons. The molecule has 1 fully saturated rings. The highest BCUT2D eigenvalue weighted by molar-refractivity contribution is 5.91. The second-order valence-corrected chi connectivity index (χ2v) is 8.99. The van der Waals surface area contributed by atoms with E-state index in [2.05, 4.69) is 20.4 Å². The molecule has 1 atom stereocenters. The fraction of sp³-hybridized carbons (Fsp3) is 0.417. The van der Waals surface area contributed by atoms with Crippen molar-refractivity contribution in [1.29, 1.82) is 0 Å². The molecule has 12 heteroatoms. The number of benzene rings is 1. The molecule has 5 rings (SSSR count). The van der Waals surface area contributed by atoms with Crippen molar-refractivity contribution in [3.05, 3.63) is 48.0 Å². The van der Waals surface area contributed by atoms with Crippen LogP contribution in [0.15, 0.2) is 36.8 Å². The van der Waals surface area contributed by atoms with Gasteiger partial charge in [-0.25, -0.2) is 9.78 Å². The predicted octanol–water partition coefficient (Wildman–Crippen LogP) is 4.89. The minimum absolute atomic E-state index is 0.231. The highest BCUT2D eigenvalue weighted by atomic mass is 19.4. The van der Waals surface area contributed by atoms with E-state index in [0.717, 1.165) is 38.2 Å². The second-order valence-electron chi connectivity index (χ2n) is 8.99. The molecule has 2 aliphatic rings. The molecule has 1 saturated heterocycles. The van der Waals surface area contributed by atoms with Crippen molar-refractivity contribution >= 4 is 11.8 Å². The summed E-state index contributed by atoms with van der Waals surface area (Å²) >= 11 is 0. The molecular weight excluding hydrogens is 477 g/mol. The van der Waals surface area contributed by atoms with Crippen molar-refractivity contribution in [3.8, 4) is 22.9 Å². The van der Waals surface area contributed by atoms with E-state index in [0.29, 0.717) is 35.2 Å². The topological polar surface area (TPSA) is 105 Å². The Hall–Kier alpha value is -3.67. The first-order valence-corrected chi connectivity index (χ1v) is 11.7. The third-order valence-corrected chi connectivity index (χ3v) is 6.67. The summed E-state index contributed by atoms with van der Waals surface area (Å²) in [6.07, 6.45) is 1.64. The molecule has 0 saturated carbocycles. The van der Waals surface area contributed by atoms with E-state index in [1.54, 1.807) is 18.3 Å². The Balaban J connectivity index is 1.60. The zero-order valence-electron chi connectivity index (χ0n) is 19.5. The molecule has 0 spiro atoms. The third-order valence-electron chi connectivity index (χ3n) is 6.67. The van der Waals surface area contributed by atoms with Gasteiger partial charge in [0.25, 0.3) is 0 Å². The fourth-order valence-electron chi connectivity index (χ4n) is 4.83. The number of aromatic nitrogens is 4. The molecule has 3 aromatic rings. The lowest BCUT2D eigenvalue weighted by molar-refractivity contribution is -0.141. The molecule has 0 unspecified atom stereocenters. The Morgan fingerprint density at radius 2 is 1.97 bits per heavy atom. The number of carboxylic acid groups (broad SMARTS) is 1. The van der Waals surface area contributed by atoms with Gasteiger partial charge in [-0.05, 0) is 63.9 Å². The van der Waals surface area contributed by atoms with Crippen LogP contribution in [0.2, 0.25) is 0 Å². The molecule has 1 aromatic carbocycles. The van der Waals surface area contributed by atoms with Gasteiger partial charge < -0.3 is 15.2 Å². The first-order valence-electron chi connectivity index (χ1n) is 11.7. The Bertz CT molecular complexity index is 1270. The standard InChI is InChI=1S/C24H25F3N6O3/c1-14-2-3-18-19(33(14)23(34)35)5-4-17(15-12-30-32(13-15)16-6-9-28-10-7-16)21(18)36-22-29-11-8-20(31-22)24(25,26)27/h4-5,8,11-14,16,28H,2-3,6-7,9-10H2,1H3,(H,34,35)/t14-/m0/s1. The van der Waals surface area contributed by atoms with Crippen molar-refractivity contribution < 1.29 is 27.8 Å². The Labute approximate surface area is 204 Å². The van der Waals surface area contributed by atoms with Crippen LogP contribution in [0, 0.1) is 0 Å². The number of carbonyl (C=O) groups is 1. The predicted molar refractivity (Wildman–Crippen MR) is 124 cm³/mol. The molecular formula is C24H25F3N6O3. The number of amides is 1. The maximum atomic E-state index is 13.3. The van der Waals surface area contributed by atoms with Crippen molar-refractivity contribution in [2.45, 2.75) is 50.9 Å². The smallest absolute Gasteiger partial charge is 0.433 e. The summed E-state index contributed by atoms with van der Waals surface area (Å²) in [5.41, 5.74) is 1.16. The maximum absolute atomic E-state index is 13.3. The normalized spacial score (nSPS) is 18.7. The van der Waals surface area contributed by atoms with Crippen LogP contribution in [-0.4, -0.2) is 50.1 Å². The molecule has 4 heterocycles. The largest absolute Gasteiger partial charge is 0.465 e. The van der Waals surface area contributed by atoms with E-state index >= 15 is 0 Å². The first kappa shape index (κ1) is 24.0. The molecule has 2 N–H and O–H groups in total. The number of fused-ring (bicyclic) bond motifs is 1. The van der Waals surface area contributed by atoms with Crippen LogP contribution in [0.1, 0.15) is 43.5 Å². The van der Waals surface area contributed by atoms with Crippen molar-refractivity contribution in [2.75, 3.05) is 18.0 Å². The number of rotatable bonds is 4. The summed E-state index contributed by atoms with van der Waals surface area (Å²) < 4.78 is 47.6. The zero-order valence-corrected chi connectivity index (χ0v) is 19.5. The number of nitrogens with zero attached hydrogens (tertiary/aromatic N) is 5. The average molecular weight is 502 g/mol. The number of nitrogens with one attached hydrogen (secondary N) is 1. The average Bonchev–Trinajstić information content (AvgIpc) is 3.34. The first-order chi connectivity index (χ1) is 17.2. The van der Waals surface area contributed by atoms with E-state index in [9.17, 15) is 23.1 Å².